The zero-order chi connectivity index (χ0) is 13.8. The van der Waals surface area contributed by atoms with Crippen molar-refractivity contribution in [2.45, 2.75) is 26.7 Å². The lowest BCUT2D eigenvalue weighted by atomic mass is 9.93. The first-order valence-corrected chi connectivity index (χ1v) is 6.62. The molecular formula is C15H20O4. The number of carbonyl (C=O) groups is 1. The monoisotopic (exact) mass is 264 g/mol. The third-order valence-electron chi connectivity index (χ3n) is 3.49. The van der Waals surface area contributed by atoms with Gasteiger partial charge in [0.1, 0.15) is 13.2 Å². The molecule has 1 aliphatic heterocycles. The predicted octanol–water partition coefficient (Wildman–Crippen LogP) is 2.51. The van der Waals surface area contributed by atoms with Crippen LogP contribution in [0.3, 0.4) is 0 Å². The maximum absolute atomic E-state index is 11.7. The SMILES string of the molecule is CCC(Cc1cc2c(cc1C)OCCO2)C(=O)OC. The molecule has 0 amide bonds. The minimum atomic E-state index is -0.156. The highest BCUT2D eigenvalue weighted by atomic mass is 16.6. The molecule has 2 rings (SSSR count). The van der Waals surface area contributed by atoms with Crippen LogP contribution >= 0.6 is 0 Å². The predicted molar refractivity (Wildman–Crippen MR) is 71.7 cm³/mol. The molecule has 4 heteroatoms. The van der Waals surface area contributed by atoms with Crippen LogP contribution in [0.15, 0.2) is 12.1 Å². The first-order chi connectivity index (χ1) is 9.15. The number of methoxy groups -OCH3 is 1. The van der Waals surface area contributed by atoms with Crippen molar-refractivity contribution in [2.24, 2.45) is 5.92 Å². The molecule has 1 heterocycles. The third kappa shape index (κ3) is 3.00. The Balaban J connectivity index is 2.22. The minimum absolute atomic E-state index is 0.105. The fourth-order valence-electron chi connectivity index (χ4n) is 2.28. The summed E-state index contributed by atoms with van der Waals surface area (Å²) in [5.41, 5.74) is 2.23. The second-order valence-electron chi connectivity index (χ2n) is 4.75. The van der Waals surface area contributed by atoms with Gasteiger partial charge >= 0.3 is 5.97 Å². The van der Waals surface area contributed by atoms with Gasteiger partial charge in [-0.1, -0.05) is 6.92 Å². The van der Waals surface area contributed by atoms with Crippen molar-refractivity contribution < 1.29 is 19.0 Å². The lowest BCUT2D eigenvalue weighted by molar-refractivity contribution is -0.145. The van der Waals surface area contributed by atoms with Crippen LogP contribution in [0.1, 0.15) is 24.5 Å². The number of ether oxygens (including phenoxy) is 3. The quantitative estimate of drug-likeness (QED) is 0.784. The zero-order valence-corrected chi connectivity index (χ0v) is 11.7. The molecule has 0 spiro atoms. The Morgan fingerprint density at radius 2 is 1.95 bits per heavy atom. The van der Waals surface area contributed by atoms with Crippen LogP contribution in [0.5, 0.6) is 11.5 Å². The molecule has 1 aromatic rings. The Kier molecular flexibility index (Phi) is 4.30. The number of hydrogen-bond acceptors (Lipinski definition) is 4. The summed E-state index contributed by atoms with van der Waals surface area (Å²) in [7, 11) is 1.43. The van der Waals surface area contributed by atoms with Gasteiger partial charge < -0.3 is 14.2 Å². The molecule has 104 valence electrons. The molecule has 1 aliphatic rings. The van der Waals surface area contributed by atoms with Crippen molar-refractivity contribution in [3.8, 4) is 11.5 Å². The topological polar surface area (TPSA) is 44.8 Å². The van der Waals surface area contributed by atoms with Crippen molar-refractivity contribution in [1.29, 1.82) is 0 Å². The number of rotatable bonds is 4. The van der Waals surface area contributed by atoms with Gasteiger partial charge in [0.05, 0.1) is 13.0 Å². The summed E-state index contributed by atoms with van der Waals surface area (Å²) >= 11 is 0. The molecule has 0 radical (unpaired) electrons. The van der Waals surface area contributed by atoms with Crippen LogP contribution in [0.2, 0.25) is 0 Å². The summed E-state index contributed by atoms with van der Waals surface area (Å²) in [6.45, 7) is 5.18. The number of benzene rings is 1. The summed E-state index contributed by atoms with van der Waals surface area (Å²) in [5.74, 6) is 1.30. The molecule has 0 N–H and O–H groups in total. The molecule has 0 bridgehead atoms. The van der Waals surface area contributed by atoms with Gasteiger partial charge in [-0.25, -0.2) is 0 Å². The normalized spacial score (nSPS) is 14.9. The number of carbonyl (C=O) groups excluding carboxylic acids is 1. The van der Waals surface area contributed by atoms with Gasteiger partial charge in [0, 0.05) is 0 Å². The smallest absolute Gasteiger partial charge is 0.308 e. The molecule has 1 aromatic carbocycles. The standard InChI is InChI=1S/C15H20O4/c1-4-11(15(16)17-3)8-12-9-14-13(7-10(12)2)18-5-6-19-14/h7,9,11H,4-6,8H2,1-3H3. The second-order valence-corrected chi connectivity index (χ2v) is 4.75. The summed E-state index contributed by atoms with van der Waals surface area (Å²) in [5, 5.41) is 0. The van der Waals surface area contributed by atoms with Crippen molar-refractivity contribution in [3.05, 3.63) is 23.3 Å². The number of hydrogen-bond donors (Lipinski definition) is 0. The highest BCUT2D eigenvalue weighted by Gasteiger charge is 2.21. The third-order valence-corrected chi connectivity index (χ3v) is 3.49. The highest BCUT2D eigenvalue weighted by Crippen LogP contribution is 2.34. The van der Waals surface area contributed by atoms with Gasteiger partial charge in [-0.15, -0.1) is 0 Å². The van der Waals surface area contributed by atoms with Crippen LogP contribution in [-0.4, -0.2) is 26.3 Å². The highest BCUT2D eigenvalue weighted by molar-refractivity contribution is 5.72. The van der Waals surface area contributed by atoms with E-state index in [4.69, 9.17) is 14.2 Å². The summed E-state index contributed by atoms with van der Waals surface area (Å²) < 4.78 is 16.0. The second kappa shape index (κ2) is 5.95. The van der Waals surface area contributed by atoms with Gasteiger partial charge in [0.2, 0.25) is 0 Å². The largest absolute Gasteiger partial charge is 0.486 e. The van der Waals surface area contributed by atoms with E-state index in [1.807, 2.05) is 26.0 Å². The Hall–Kier alpha value is -1.71. The van der Waals surface area contributed by atoms with Crippen molar-refractivity contribution >= 4 is 5.97 Å². The molecule has 0 saturated heterocycles. The number of aryl methyl sites for hydroxylation is 1. The van der Waals surface area contributed by atoms with E-state index < -0.39 is 0 Å². The fourth-order valence-corrected chi connectivity index (χ4v) is 2.28. The van der Waals surface area contributed by atoms with Gasteiger partial charge in [0.25, 0.3) is 0 Å². The van der Waals surface area contributed by atoms with Crippen LogP contribution in [0.4, 0.5) is 0 Å². The average Bonchev–Trinajstić information content (AvgIpc) is 2.44. The van der Waals surface area contributed by atoms with Gasteiger partial charge in [-0.05, 0) is 43.0 Å². The lowest BCUT2D eigenvalue weighted by Gasteiger charge is -2.21. The van der Waals surface area contributed by atoms with Gasteiger partial charge in [-0.2, -0.15) is 0 Å². The van der Waals surface area contributed by atoms with Crippen LogP contribution in [0, 0.1) is 12.8 Å². The lowest BCUT2D eigenvalue weighted by Crippen LogP contribution is -2.19. The first kappa shape index (κ1) is 13.7. The maximum atomic E-state index is 11.7. The molecule has 4 nitrogen and oxygen atoms in total. The molecular weight excluding hydrogens is 244 g/mol. The Morgan fingerprint density at radius 3 is 2.53 bits per heavy atom. The van der Waals surface area contributed by atoms with E-state index in [2.05, 4.69) is 0 Å². The van der Waals surface area contributed by atoms with Crippen LogP contribution in [-0.2, 0) is 16.0 Å². The Labute approximate surface area is 113 Å². The van der Waals surface area contributed by atoms with E-state index >= 15 is 0 Å². The molecule has 0 saturated carbocycles. The molecule has 0 aliphatic carbocycles. The van der Waals surface area contributed by atoms with Crippen molar-refractivity contribution in [1.82, 2.24) is 0 Å². The summed E-state index contributed by atoms with van der Waals surface area (Å²) in [6, 6.07) is 3.96. The zero-order valence-electron chi connectivity index (χ0n) is 11.7. The number of esters is 1. The molecule has 1 atom stereocenters. The van der Waals surface area contributed by atoms with Gasteiger partial charge in [-0.3, -0.25) is 4.79 Å². The maximum Gasteiger partial charge on any atom is 0.308 e. The number of fused-ring (bicyclic) bond motifs is 1. The molecule has 1 unspecified atom stereocenters. The van der Waals surface area contributed by atoms with E-state index in [9.17, 15) is 4.79 Å². The molecule has 19 heavy (non-hydrogen) atoms. The van der Waals surface area contributed by atoms with Crippen LogP contribution < -0.4 is 9.47 Å². The van der Waals surface area contributed by atoms with E-state index in [0.717, 1.165) is 29.0 Å². The van der Waals surface area contributed by atoms with E-state index in [0.29, 0.717) is 19.6 Å². The Bertz CT molecular complexity index is 467. The van der Waals surface area contributed by atoms with Gasteiger partial charge in [0.15, 0.2) is 11.5 Å². The van der Waals surface area contributed by atoms with E-state index in [1.165, 1.54) is 7.11 Å². The molecule has 0 fully saturated rings. The average molecular weight is 264 g/mol. The molecule has 0 aromatic heterocycles. The first-order valence-electron chi connectivity index (χ1n) is 6.62. The Morgan fingerprint density at radius 1 is 1.32 bits per heavy atom. The van der Waals surface area contributed by atoms with Crippen molar-refractivity contribution in [3.63, 3.8) is 0 Å². The fraction of sp³-hybridized carbons (Fsp3) is 0.533. The van der Waals surface area contributed by atoms with Crippen LogP contribution in [0.25, 0.3) is 0 Å². The van der Waals surface area contributed by atoms with Crippen molar-refractivity contribution in [2.75, 3.05) is 20.3 Å². The summed E-state index contributed by atoms with van der Waals surface area (Å²) in [4.78, 5) is 11.7. The minimum Gasteiger partial charge on any atom is -0.486 e. The van der Waals surface area contributed by atoms with E-state index in [1.54, 1.807) is 0 Å². The summed E-state index contributed by atoms with van der Waals surface area (Å²) in [6.07, 6.45) is 1.44. The van der Waals surface area contributed by atoms with E-state index in [-0.39, 0.29) is 11.9 Å².